The molecule has 0 saturated carbocycles. The van der Waals surface area contributed by atoms with Gasteiger partial charge in [0.25, 0.3) is 10.2 Å². The van der Waals surface area contributed by atoms with Gasteiger partial charge in [0, 0.05) is 41.2 Å². The predicted molar refractivity (Wildman–Crippen MR) is 116 cm³/mol. The van der Waals surface area contributed by atoms with E-state index in [1.807, 2.05) is 26.0 Å². The molecule has 0 fully saturated rings. The van der Waals surface area contributed by atoms with Gasteiger partial charge < -0.3 is 9.72 Å². The summed E-state index contributed by atoms with van der Waals surface area (Å²) in [5, 5.41) is 9.99. The lowest BCUT2D eigenvalue weighted by atomic mass is 9.71. The average molecular weight is 439 g/mol. The number of nitrogens with one attached hydrogen (secondary N) is 3. The molecule has 0 spiro atoms. The number of nitriles is 1. The third-order valence-electron chi connectivity index (χ3n) is 5.62. The Morgan fingerprint density at radius 2 is 1.97 bits per heavy atom. The van der Waals surface area contributed by atoms with E-state index < -0.39 is 15.6 Å². The molecule has 160 valence electrons. The summed E-state index contributed by atoms with van der Waals surface area (Å²) in [4.78, 5) is 16.7. The molecule has 9 heteroatoms. The van der Waals surface area contributed by atoms with Crippen LogP contribution in [0.25, 0.3) is 10.9 Å². The van der Waals surface area contributed by atoms with Crippen LogP contribution in [0.2, 0.25) is 0 Å². The second-order valence-electron chi connectivity index (χ2n) is 7.86. The van der Waals surface area contributed by atoms with Crippen LogP contribution in [0.3, 0.4) is 0 Å². The number of rotatable bonds is 6. The molecule has 31 heavy (non-hydrogen) atoms. The van der Waals surface area contributed by atoms with Crippen molar-refractivity contribution in [3.8, 4) is 11.8 Å². The van der Waals surface area contributed by atoms with Gasteiger partial charge in [-0.3, -0.25) is 4.79 Å². The van der Waals surface area contributed by atoms with E-state index in [1.165, 1.54) is 7.05 Å². The van der Waals surface area contributed by atoms with E-state index in [2.05, 4.69) is 20.5 Å². The molecule has 0 amide bonds. The molecule has 0 unspecified atom stereocenters. The van der Waals surface area contributed by atoms with Gasteiger partial charge in [-0.1, -0.05) is 19.9 Å². The van der Waals surface area contributed by atoms with Gasteiger partial charge in [-0.15, -0.1) is 0 Å². The summed E-state index contributed by atoms with van der Waals surface area (Å²) in [5.74, 6) is 0.475. The normalized spacial score (nSPS) is 14.7. The first-order valence-corrected chi connectivity index (χ1v) is 11.2. The molecule has 8 nitrogen and oxygen atoms in total. The SMILES string of the molecule is CNS(=O)(=O)NCCOc1ccc2c(c1)C(C)(C)c1[nH]c3cc(C#N)ccc3c1C2=O. The summed E-state index contributed by atoms with van der Waals surface area (Å²) < 4.78 is 33.1. The van der Waals surface area contributed by atoms with Gasteiger partial charge >= 0.3 is 0 Å². The topological polar surface area (TPSA) is 124 Å². The molecule has 0 saturated heterocycles. The number of H-pyrrole nitrogens is 1. The molecular weight excluding hydrogens is 416 g/mol. The zero-order chi connectivity index (χ0) is 22.4. The number of hydrogen-bond acceptors (Lipinski definition) is 5. The van der Waals surface area contributed by atoms with E-state index in [9.17, 15) is 18.5 Å². The Morgan fingerprint density at radius 3 is 2.68 bits per heavy atom. The van der Waals surface area contributed by atoms with Crippen molar-refractivity contribution in [3.63, 3.8) is 0 Å². The minimum atomic E-state index is -3.51. The van der Waals surface area contributed by atoms with Gasteiger partial charge in [0.05, 0.1) is 17.2 Å². The molecule has 1 heterocycles. The largest absolute Gasteiger partial charge is 0.492 e. The fraction of sp³-hybridized carbons (Fsp3) is 0.273. The number of hydrogen-bond donors (Lipinski definition) is 3. The lowest BCUT2D eigenvalue weighted by Gasteiger charge is -2.32. The van der Waals surface area contributed by atoms with Crippen molar-refractivity contribution in [2.24, 2.45) is 0 Å². The van der Waals surface area contributed by atoms with E-state index in [0.717, 1.165) is 22.2 Å². The van der Waals surface area contributed by atoms with Gasteiger partial charge in [-0.05, 0) is 35.9 Å². The van der Waals surface area contributed by atoms with E-state index in [1.54, 1.807) is 24.3 Å². The minimum absolute atomic E-state index is 0.0754. The fourth-order valence-corrected chi connectivity index (χ4v) is 4.48. The van der Waals surface area contributed by atoms with Crippen molar-refractivity contribution in [3.05, 3.63) is 64.3 Å². The van der Waals surface area contributed by atoms with Crippen LogP contribution in [0.1, 0.15) is 46.6 Å². The highest BCUT2D eigenvalue weighted by molar-refractivity contribution is 7.87. The van der Waals surface area contributed by atoms with Gasteiger partial charge in [-0.25, -0.2) is 4.72 Å². The number of ketones is 1. The van der Waals surface area contributed by atoms with Crippen LogP contribution in [0.4, 0.5) is 0 Å². The second kappa shape index (κ2) is 7.50. The first-order chi connectivity index (χ1) is 14.7. The zero-order valence-corrected chi connectivity index (χ0v) is 18.2. The molecule has 2 aromatic carbocycles. The van der Waals surface area contributed by atoms with Gasteiger partial charge in [0.2, 0.25) is 0 Å². The predicted octanol–water partition coefficient (Wildman–Crippen LogP) is 2.34. The van der Waals surface area contributed by atoms with Crippen molar-refractivity contribution in [2.75, 3.05) is 20.2 Å². The number of aromatic amines is 1. The average Bonchev–Trinajstić information content (AvgIpc) is 3.15. The van der Waals surface area contributed by atoms with Crippen LogP contribution in [0, 0.1) is 11.3 Å². The van der Waals surface area contributed by atoms with Crippen LogP contribution >= 0.6 is 0 Å². The highest BCUT2D eigenvalue weighted by Gasteiger charge is 2.39. The van der Waals surface area contributed by atoms with Crippen LogP contribution in [-0.2, 0) is 15.6 Å². The van der Waals surface area contributed by atoms with Crippen LogP contribution in [0.5, 0.6) is 5.75 Å². The molecule has 0 radical (unpaired) electrons. The molecule has 1 aliphatic rings. The Hall–Kier alpha value is -3.19. The maximum Gasteiger partial charge on any atom is 0.276 e. The van der Waals surface area contributed by atoms with Gasteiger partial charge in [0.1, 0.15) is 12.4 Å². The number of carbonyl (C=O) groups is 1. The summed E-state index contributed by atoms with van der Waals surface area (Å²) >= 11 is 0. The van der Waals surface area contributed by atoms with E-state index in [4.69, 9.17) is 4.74 Å². The lowest BCUT2D eigenvalue weighted by Crippen LogP contribution is -2.36. The number of aromatic nitrogens is 1. The van der Waals surface area contributed by atoms with Crippen molar-refractivity contribution in [1.82, 2.24) is 14.4 Å². The maximum absolute atomic E-state index is 13.3. The number of carbonyl (C=O) groups excluding carboxylic acids is 1. The number of benzene rings is 2. The quantitative estimate of drug-likeness (QED) is 0.510. The van der Waals surface area contributed by atoms with Gasteiger partial charge in [-0.2, -0.15) is 18.4 Å². The molecular formula is C22H22N4O4S. The van der Waals surface area contributed by atoms with Crippen LogP contribution < -0.4 is 14.2 Å². The maximum atomic E-state index is 13.3. The summed E-state index contributed by atoms with van der Waals surface area (Å²) in [6.45, 7) is 4.31. The molecule has 1 aliphatic carbocycles. The first kappa shape index (κ1) is 21.1. The monoisotopic (exact) mass is 438 g/mol. The lowest BCUT2D eigenvalue weighted by molar-refractivity contribution is 0.103. The molecule has 0 atom stereocenters. The standard InChI is InChI=1S/C22H22N4O4S/c1-22(2)17-11-14(30-9-8-25-31(28,29)24-3)5-7-15(17)20(27)19-16-6-4-13(12-23)10-18(16)26-21(19)22/h4-7,10-11,24-26H,8-9H2,1-3H3. The van der Waals surface area contributed by atoms with E-state index in [0.29, 0.717) is 22.4 Å². The van der Waals surface area contributed by atoms with Crippen LogP contribution in [0.15, 0.2) is 36.4 Å². The Labute approximate surface area is 180 Å². The Morgan fingerprint density at radius 1 is 1.19 bits per heavy atom. The van der Waals surface area contributed by atoms with Crippen LogP contribution in [-0.4, -0.2) is 39.4 Å². The highest BCUT2D eigenvalue weighted by atomic mass is 32.2. The summed E-state index contributed by atoms with van der Waals surface area (Å²) in [6, 6.07) is 12.7. The number of ether oxygens (including phenoxy) is 1. The molecule has 3 aromatic rings. The molecule has 1 aromatic heterocycles. The van der Waals surface area contributed by atoms with Crippen molar-refractivity contribution < 1.29 is 17.9 Å². The third kappa shape index (κ3) is 3.59. The third-order valence-corrected chi connectivity index (χ3v) is 6.74. The van der Waals surface area contributed by atoms with Crippen molar-refractivity contribution in [1.29, 1.82) is 5.26 Å². The smallest absolute Gasteiger partial charge is 0.276 e. The zero-order valence-electron chi connectivity index (χ0n) is 17.4. The van der Waals surface area contributed by atoms with Crippen molar-refractivity contribution in [2.45, 2.75) is 19.3 Å². The first-order valence-electron chi connectivity index (χ1n) is 9.74. The molecule has 0 aliphatic heterocycles. The van der Waals surface area contributed by atoms with Crippen molar-refractivity contribution >= 4 is 26.9 Å². The highest BCUT2D eigenvalue weighted by Crippen LogP contribution is 2.44. The second-order valence-corrected chi connectivity index (χ2v) is 9.56. The molecule has 3 N–H and O–H groups in total. The molecule has 4 rings (SSSR count). The fourth-order valence-electron chi connectivity index (χ4n) is 3.99. The number of nitrogens with zero attached hydrogens (tertiary/aromatic N) is 1. The van der Waals surface area contributed by atoms with Gasteiger partial charge in [0.15, 0.2) is 5.78 Å². The summed E-state index contributed by atoms with van der Waals surface area (Å²) in [6.07, 6.45) is 0. The van der Waals surface area contributed by atoms with E-state index >= 15 is 0 Å². The summed E-state index contributed by atoms with van der Waals surface area (Å²) in [7, 11) is -2.19. The molecule has 0 bridgehead atoms. The minimum Gasteiger partial charge on any atom is -0.492 e. The Bertz CT molecular complexity index is 1350. The number of fused-ring (bicyclic) bond motifs is 4. The summed E-state index contributed by atoms with van der Waals surface area (Å²) in [5.41, 5.74) is 3.64. The Balaban J connectivity index is 1.67. The van der Waals surface area contributed by atoms with E-state index in [-0.39, 0.29) is 18.9 Å². The Kier molecular flexibility index (Phi) is 5.09.